The predicted molar refractivity (Wildman–Crippen MR) is 99.6 cm³/mol. The molecule has 23 heavy (non-hydrogen) atoms. The molecule has 0 aliphatic rings. The Morgan fingerprint density at radius 3 is 1.83 bits per heavy atom. The van der Waals surface area contributed by atoms with Crippen molar-refractivity contribution in [2.75, 3.05) is 0 Å². The Hall–Kier alpha value is -2.60. The van der Waals surface area contributed by atoms with Crippen molar-refractivity contribution in [3.63, 3.8) is 0 Å². The van der Waals surface area contributed by atoms with Crippen LogP contribution in [0.2, 0.25) is 0 Å². The molecule has 0 unspecified atom stereocenters. The number of rotatable bonds is 4. The van der Waals surface area contributed by atoms with Gasteiger partial charge in [-0.25, -0.2) is 0 Å². The van der Waals surface area contributed by atoms with E-state index < -0.39 is 0 Å². The van der Waals surface area contributed by atoms with Gasteiger partial charge in [-0.3, -0.25) is 0 Å². The van der Waals surface area contributed by atoms with E-state index in [2.05, 4.69) is 98.8 Å². The van der Waals surface area contributed by atoms with E-state index in [1.54, 1.807) is 0 Å². The van der Waals surface area contributed by atoms with Crippen LogP contribution in [0.15, 0.2) is 84.9 Å². The molecule has 0 aliphatic heterocycles. The van der Waals surface area contributed by atoms with Crippen molar-refractivity contribution in [3.8, 4) is 0 Å². The minimum atomic E-state index is 0.950. The SMILES string of the molecule is Cc1ccc(CC=C(c2ccccc2)c2ccccc2)c(C)c1. The average molecular weight is 298 g/mol. The summed E-state index contributed by atoms with van der Waals surface area (Å²) in [6.07, 6.45) is 3.30. The van der Waals surface area contributed by atoms with Crippen molar-refractivity contribution in [3.05, 3.63) is 113 Å². The lowest BCUT2D eigenvalue weighted by Gasteiger charge is -2.10. The topological polar surface area (TPSA) is 0 Å². The molecule has 0 heterocycles. The molecule has 114 valence electrons. The predicted octanol–water partition coefficient (Wildman–Crippen LogP) is 5.98. The van der Waals surface area contributed by atoms with Gasteiger partial charge >= 0.3 is 0 Å². The summed E-state index contributed by atoms with van der Waals surface area (Å²) in [5, 5.41) is 0. The third-order valence-electron chi connectivity index (χ3n) is 4.19. The van der Waals surface area contributed by atoms with Crippen molar-refractivity contribution in [1.29, 1.82) is 0 Å². The Balaban J connectivity index is 1.98. The fourth-order valence-corrected chi connectivity index (χ4v) is 2.92. The molecule has 0 aliphatic carbocycles. The van der Waals surface area contributed by atoms with Crippen LogP contribution in [0.1, 0.15) is 27.8 Å². The van der Waals surface area contributed by atoms with Crippen LogP contribution < -0.4 is 0 Å². The average Bonchev–Trinajstić information content (AvgIpc) is 2.59. The van der Waals surface area contributed by atoms with Gasteiger partial charge in [-0.1, -0.05) is 90.5 Å². The molecule has 0 saturated carbocycles. The quantitative estimate of drug-likeness (QED) is 0.556. The van der Waals surface area contributed by atoms with Crippen LogP contribution in [-0.4, -0.2) is 0 Å². The zero-order valence-corrected chi connectivity index (χ0v) is 13.8. The molecule has 3 aromatic carbocycles. The Morgan fingerprint density at radius 1 is 0.739 bits per heavy atom. The molecule has 0 amide bonds. The molecule has 0 aromatic heterocycles. The third kappa shape index (κ3) is 3.78. The van der Waals surface area contributed by atoms with E-state index in [9.17, 15) is 0 Å². The van der Waals surface area contributed by atoms with Gasteiger partial charge in [0.25, 0.3) is 0 Å². The Kier molecular flexibility index (Phi) is 4.73. The summed E-state index contributed by atoms with van der Waals surface area (Å²) in [4.78, 5) is 0. The van der Waals surface area contributed by atoms with Gasteiger partial charge in [0.1, 0.15) is 0 Å². The largest absolute Gasteiger partial charge is 0.0716 e. The first-order valence-corrected chi connectivity index (χ1v) is 8.11. The second-order valence-corrected chi connectivity index (χ2v) is 5.98. The van der Waals surface area contributed by atoms with E-state index in [1.165, 1.54) is 33.4 Å². The first-order chi connectivity index (χ1) is 11.2. The van der Waals surface area contributed by atoms with E-state index in [-0.39, 0.29) is 0 Å². The molecule has 3 rings (SSSR count). The maximum atomic E-state index is 2.35. The molecule has 0 saturated heterocycles. The highest BCUT2D eigenvalue weighted by Crippen LogP contribution is 2.24. The number of hydrogen-bond donors (Lipinski definition) is 0. The lowest BCUT2D eigenvalue weighted by molar-refractivity contribution is 1.20. The molecule has 0 nitrogen and oxygen atoms in total. The zero-order chi connectivity index (χ0) is 16.1. The summed E-state index contributed by atoms with van der Waals surface area (Å²) in [5.74, 6) is 0. The number of allylic oxidation sites excluding steroid dienone is 1. The van der Waals surface area contributed by atoms with Crippen LogP contribution in [0.5, 0.6) is 0 Å². The van der Waals surface area contributed by atoms with Crippen LogP contribution in [-0.2, 0) is 6.42 Å². The van der Waals surface area contributed by atoms with Crippen LogP contribution in [0.25, 0.3) is 5.57 Å². The van der Waals surface area contributed by atoms with Crippen LogP contribution in [0, 0.1) is 13.8 Å². The minimum Gasteiger partial charge on any atom is -0.0716 e. The van der Waals surface area contributed by atoms with Crippen LogP contribution in [0.4, 0.5) is 0 Å². The first kappa shape index (κ1) is 15.3. The number of benzene rings is 3. The van der Waals surface area contributed by atoms with Gasteiger partial charge in [0, 0.05) is 0 Å². The molecular formula is C23H22. The number of aryl methyl sites for hydroxylation is 2. The fraction of sp³-hybridized carbons (Fsp3) is 0.130. The molecule has 0 atom stereocenters. The molecule has 0 heteroatoms. The van der Waals surface area contributed by atoms with Gasteiger partial charge in [-0.05, 0) is 48.1 Å². The lowest BCUT2D eigenvalue weighted by Crippen LogP contribution is -1.92. The summed E-state index contributed by atoms with van der Waals surface area (Å²) in [6.45, 7) is 4.34. The Bertz CT molecular complexity index is 754. The zero-order valence-electron chi connectivity index (χ0n) is 13.8. The molecule has 0 spiro atoms. The fourth-order valence-electron chi connectivity index (χ4n) is 2.92. The summed E-state index contributed by atoms with van der Waals surface area (Å²) >= 11 is 0. The second kappa shape index (κ2) is 7.11. The molecule has 0 N–H and O–H groups in total. The van der Waals surface area contributed by atoms with Gasteiger partial charge in [0.15, 0.2) is 0 Å². The van der Waals surface area contributed by atoms with Crippen molar-refractivity contribution in [2.45, 2.75) is 20.3 Å². The van der Waals surface area contributed by atoms with E-state index in [0.717, 1.165) is 6.42 Å². The van der Waals surface area contributed by atoms with E-state index in [4.69, 9.17) is 0 Å². The van der Waals surface area contributed by atoms with Crippen molar-refractivity contribution in [1.82, 2.24) is 0 Å². The minimum absolute atomic E-state index is 0.950. The standard InChI is InChI=1S/C23H22/c1-18-13-14-20(19(2)17-18)15-16-23(21-9-5-3-6-10-21)22-11-7-4-8-12-22/h3-14,16-17H,15H2,1-2H3. The highest BCUT2D eigenvalue weighted by molar-refractivity contribution is 5.79. The van der Waals surface area contributed by atoms with Crippen molar-refractivity contribution in [2.24, 2.45) is 0 Å². The van der Waals surface area contributed by atoms with Gasteiger partial charge in [-0.2, -0.15) is 0 Å². The summed E-state index contributed by atoms with van der Waals surface area (Å²) in [5.41, 5.74) is 7.90. The van der Waals surface area contributed by atoms with E-state index in [0.29, 0.717) is 0 Å². The van der Waals surface area contributed by atoms with E-state index in [1.807, 2.05) is 0 Å². The van der Waals surface area contributed by atoms with Crippen molar-refractivity contribution >= 4 is 5.57 Å². The maximum Gasteiger partial charge on any atom is -0.00854 e. The smallest absolute Gasteiger partial charge is 0.00854 e. The highest BCUT2D eigenvalue weighted by Gasteiger charge is 2.05. The van der Waals surface area contributed by atoms with Gasteiger partial charge in [-0.15, -0.1) is 0 Å². The van der Waals surface area contributed by atoms with Crippen LogP contribution >= 0.6 is 0 Å². The van der Waals surface area contributed by atoms with E-state index >= 15 is 0 Å². The molecular weight excluding hydrogens is 276 g/mol. The second-order valence-electron chi connectivity index (χ2n) is 5.98. The monoisotopic (exact) mass is 298 g/mol. The Morgan fingerprint density at radius 2 is 1.30 bits per heavy atom. The maximum absolute atomic E-state index is 2.35. The molecule has 0 fully saturated rings. The summed E-state index contributed by atoms with van der Waals surface area (Å²) in [7, 11) is 0. The van der Waals surface area contributed by atoms with Gasteiger partial charge < -0.3 is 0 Å². The summed E-state index contributed by atoms with van der Waals surface area (Å²) in [6, 6.07) is 28.0. The molecule has 0 radical (unpaired) electrons. The summed E-state index contributed by atoms with van der Waals surface area (Å²) < 4.78 is 0. The van der Waals surface area contributed by atoms with Crippen LogP contribution in [0.3, 0.4) is 0 Å². The lowest BCUT2D eigenvalue weighted by atomic mass is 9.95. The number of hydrogen-bond acceptors (Lipinski definition) is 0. The Labute approximate surface area is 139 Å². The van der Waals surface area contributed by atoms with Gasteiger partial charge in [0.05, 0.1) is 0 Å². The highest BCUT2D eigenvalue weighted by atomic mass is 14.1. The normalized spacial score (nSPS) is 10.3. The van der Waals surface area contributed by atoms with Crippen molar-refractivity contribution < 1.29 is 0 Å². The van der Waals surface area contributed by atoms with Gasteiger partial charge in [0.2, 0.25) is 0 Å². The third-order valence-corrected chi connectivity index (χ3v) is 4.19. The molecule has 0 bridgehead atoms. The first-order valence-electron chi connectivity index (χ1n) is 8.11. The molecule has 3 aromatic rings.